The van der Waals surface area contributed by atoms with Gasteiger partial charge in [-0.25, -0.2) is 8.42 Å². The quantitative estimate of drug-likeness (QED) is 0.824. The van der Waals surface area contributed by atoms with Crippen LogP contribution in [-0.2, 0) is 10.0 Å². The van der Waals surface area contributed by atoms with E-state index >= 15 is 0 Å². The van der Waals surface area contributed by atoms with Gasteiger partial charge in [0.25, 0.3) is 0 Å². The van der Waals surface area contributed by atoms with E-state index in [1.54, 1.807) is 13.2 Å². The second-order valence-corrected chi connectivity index (χ2v) is 9.29. The lowest BCUT2D eigenvalue weighted by Gasteiger charge is -2.41. The summed E-state index contributed by atoms with van der Waals surface area (Å²) in [6.07, 6.45) is 1.31. The molecule has 1 aromatic carbocycles. The molecular weight excluding hydrogens is 340 g/mol. The highest BCUT2D eigenvalue weighted by molar-refractivity contribution is 7.89. The molecule has 0 spiro atoms. The molecule has 7 heteroatoms. The Kier molecular flexibility index (Phi) is 6.14. The first-order chi connectivity index (χ1) is 11.6. The molecule has 6 nitrogen and oxygen atoms in total. The molecule has 1 aromatic rings. The Hall–Kier alpha value is -1.15. The predicted octanol–water partition coefficient (Wildman–Crippen LogP) is 1.64. The SMILES string of the molecule is COc1cc(S(=O)(=O)N2CCC(CO)(CN(C)C)CC2)c(C)cc1C. The minimum absolute atomic E-state index is 0.0798. The van der Waals surface area contributed by atoms with E-state index in [4.69, 9.17) is 4.74 Å². The molecular formula is C18H30N2O4S. The molecule has 2 rings (SSSR count). The number of hydrogen-bond acceptors (Lipinski definition) is 5. The lowest BCUT2D eigenvalue weighted by Crippen LogP contribution is -2.48. The fourth-order valence-corrected chi connectivity index (χ4v) is 5.35. The maximum Gasteiger partial charge on any atom is 0.243 e. The van der Waals surface area contributed by atoms with E-state index in [1.165, 1.54) is 4.31 Å². The number of aryl methyl sites for hydroxylation is 2. The van der Waals surface area contributed by atoms with Gasteiger partial charge in [0.2, 0.25) is 10.0 Å². The lowest BCUT2D eigenvalue weighted by atomic mass is 9.79. The van der Waals surface area contributed by atoms with E-state index in [0.29, 0.717) is 36.6 Å². The van der Waals surface area contributed by atoms with Crippen LogP contribution in [0, 0.1) is 19.3 Å². The first-order valence-electron chi connectivity index (χ1n) is 8.56. The van der Waals surface area contributed by atoms with Gasteiger partial charge in [0.05, 0.1) is 18.6 Å². The average Bonchev–Trinajstić information content (AvgIpc) is 2.54. The van der Waals surface area contributed by atoms with Crippen molar-refractivity contribution in [1.29, 1.82) is 0 Å². The molecule has 0 aromatic heterocycles. The van der Waals surface area contributed by atoms with Crippen LogP contribution in [0.15, 0.2) is 17.0 Å². The Labute approximate surface area is 151 Å². The number of aliphatic hydroxyl groups is 1. The van der Waals surface area contributed by atoms with Crippen molar-refractivity contribution < 1.29 is 18.3 Å². The van der Waals surface area contributed by atoms with Crippen molar-refractivity contribution in [2.45, 2.75) is 31.6 Å². The summed E-state index contributed by atoms with van der Waals surface area (Å²) < 4.78 is 33.0. The Morgan fingerprint density at radius 1 is 1.20 bits per heavy atom. The minimum atomic E-state index is -3.57. The van der Waals surface area contributed by atoms with Crippen LogP contribution in [0.1, 0.15) is 24.0 Å². The Balaban J connectivity index is 2.25. The van der Waals surface area contributed by atoms with Gasteiger partial charge in [-0.05, 0) is 51.9 Å². The van der Waals surface area contributed by atoms with Crippen LogP contribution in [0.4, 0.5) is 0 Å². The van der Waals surface area contributed by atoms with Gasteiger partial charge in [0, 0.05) is 31.1 Å². The Morgan fingerprint density at radius 3 is 2.28 bits per heavy atom. The second kappa shape index (κ2) is 7.61. The van der Waals surface area contributed by atoms with Gasteiger partial charge in [0.1, 0.15) is 5.75 Å². The number of aliphatic hydroxyl groups excluding tert-OH is 1. The predicted molar refractivity (Wildman–Crippen MR) is 98.5 cm³/mol. The summed E-state index contributed by atoms with van der Waals surface area (Å²) >= 11 is 0. The summed E-state index contributed by atoms with van der Waals surface area (Å²) in [4.78, 5) is 2.36. The molecule has 1 aliphatic rings. The highest BCUT2D eigenvalue weighted by Gasteiger charge is 2.39. The van der Waals surface area contributed by atoms with Gasteiger partial charge < -0.3 is 14.7 Å². The van der Waals surface area contributed by atoms with E-state index in [1.807, 2.05) is 34.0 Å². The van der Waals surface area contributed by atoms with Crippen LogP contribution in [0.5, 0.6) is 5.75 Å². The summed E-state index contributed by atoms with van der Waals surface area (Å²) in [5, 5.41) is 9.83. The van der Waals surface area contributed by atoms with Crippen molar-refractivity contribution in [3.05, 3.63) is 23.3 Å². The van der Waals surface area contributed by atoms with Gasteiger partial charge in [-0.15, -0.1) is 0 Å². The molecule has 0 bridgehead atoms. The van der Waals surface area contributed by atoms with Gasteiger partial charge in [-0.3, -0.25) is 0 Å². The third-order valence-corrected chi connectivity index (χ3v) is 7.12. The minimum Gasteiger partial charge on any atom is -0.496 e. The van der Waals surface area contributed by atoms with Gasteiger partial charge in [0.15, 0.2) is 0 Å². The zero-order valence-electron chi connectivity index (χ0n) is 15.9. The normalized spacial score (nSPS) is 18.5. The smallest absolute Gasteiger partial charge is 0.243 e. The molecule has 0 aliphatic carbocycles. The van der Waals surface area contributed by atoms with Gasteiger partial charge >= 0.3 is 0 Å². The molecule has 0 saturated carbocycles. The van der Waals surface area contributed by atoms with Crippen molar-refractivity contribution >= 4 is 10.0 Å². The molecule has 1 heterocycles. The van der Waals surface area contributed by atoms with Gasteiger partial charge in [-0.2, -0.15) is 4.31 Å². The highest BCUT2D eigenvalue weighted by atomic mass is 32.2. The maximum atomic E-state index is 13.1. The van der Waals surface area contributed by atoms with Crippen LogP contribution >= 0.6 is 0 Å². The molecule has 0 radical (unpaired) electrons. The number of piperidine rings is 1. The molecule has 0 unspecified atom stereocenters. The summed E-state index contributed by atoms with van der Waals surface area (Å²) in [7, 11) is 1.93. The highest BCUT2D eigenvalue weighted by Crippen LogP contribution is 2.35. The molecule has 1 saturated heterocycles. The van der Waals surface area contributed by atoms with Crippen molar-refractivity contribution in [2.75, 3.05) is 47.4 Å². The average molecular weight is 371 g/mol. The van der Waals surface area contributed by atoms with E-state index in [2.05, 4.69) is 4.90 Å². The van der Waals surface area contributed by atoms with E-state index in [9.17, 15) is 13.5 Å². The van der Waals surface area contributed by atoms with E-state index < -0.39 is 10.0 Å². The topological polar surface area (TPSA) is 70.1 Å². The van der Waals surface area contributed by atoms with Crippen LogP contribution in [-0.4, -0.2) is 70.2 Å². The lowest BCUT2D eigenvalue weighted by molar-refractivity contribution is 0.0442. The zero-order chi connectivity index (χ0) is 18.8. The number of methoxy groups -OCH3 is 1. The van der Waals surface area contributed by atoms with Crippen molar-refractivity contribution in [3.63, 3.8) is 0 Å². The maximum absolute atomic E-state index is 13.1. The first-order valence-corrected chi connectivity index (χ1v) is 10.0. The number of rotatable bonds is 6. The fourth-order valence-electron chi connectivity index (χ4n) is 3.69. The summed E-state index contributed by atoms with van der Waals surface area (Å²) in [6, 6.07) is 3.47. The first kappa shape index (κ1) is 20.2. The van der Waals surface area contributed by atoms with Crippen LogP contribution in [0.2, 0.25) is 0 Å². The molecule has 1 fully saturated rings. The van der Waals surface area contributed by atoms with E-state index in [0.717, 1.165) is 17.7 Å². The summed E-state index contributed by atoms with van der Waals surface area (Å²) in [6.45, 7) is 5.40. The van der Waals surface area contributed by atoms with Crippen LogP contribution in [0.25, 0.3) is 0 Å². The van der Waals surface area contributed by atoms with Crippen molar-refractivity contribution in [2.24, 2.45) is 5.41 Å². The molecule has 0 atom stereocenters. The molecule has 142 valence electrons. The van der Waals surface area contributed by atoms with Crippen LogP contribution < -0.4 is 4.74 Å². The molecule has 1 N–H and O–H groups in total. The molecule has 0 amide bonds. The molecule has 25 heavy (non-hydrogen) atoms. The number of nitrogens with zero attached hydrogens (tertiary/aromatic N) is 2. The Bertz CT molecular complexity index is 708. The van der Waals surface area contributed by atoms with Crippen molar-refractivity contribution in [1.82, 2.24) is 9.21 Å². The van der Waals surface area contributed by atoms with E-state index in [-0.39, 0.29) is 12.0 Å². The second-order valence-electron chi connectivity index (χ2n) is 7.39. The van der Waals surface area contributed by atoms with Crippen molar-refractivity contribution in [3.8, 4) is 5.75 Å². The standard InChI is InChI=1S/C18H30N2O4S/c1-14-10-15(2)17(11-16(14)24-5)25(22,23)20-8-6-18(13-21,7-9-20)12-19(3)4/h10-11,21H,6-9,12-13H2,1-5H3. The largest absolute Gasteiger partial charge is 0.496 e. The van der Waals surface area contributed by atoms with Gasteiger partial charge in [-0.1, -0.05) is 6.07 Å². The molecule has 1 aliphatic heterocycles. The number of ether oxygens (including phenoxy) is 1. The zero-order valence-corrected chi connectivity index (χ0v) is 16.7. The monoisotopic (exact) mass is 370 g/mol. The number of benzene rings is 1. The third kappa shape index (κ3) is 4.16. The van der Waals surface area contributed by atoms with Crippen LogP contribution in [0.3, 0.4) is 0 Å². The number of hydrogen-bond donors (Lipinski definition) is 1. The summed E-state index contributed by atoms with van der Waals surface area (Å²) in [5.41, 5.74) is 1.42. The summed E-state index contributed by atoms with van der Waals surface area (Å²) in [5.74, 6) is 0.582. The third-order valence-electron chi connectivity index (χ3n) is 5.08. The fraction of sp³-hybridized carbons (Fsp3) is 0.667. The Morgan fingerprint density at radius 2 is 1.80 bits per heavy atom. The number of sulfonamides is 1.